The smallest absolute Gasteiger partial charge is 0.244 e. The van der Waals surface area contributed by atoms with Crippen LogP contribution in [0.5, 0.6) is 0 Å². The van der Waals surface area contributed by atoms with Gasteiger partial charge < -0.3 is 15.1 Å². The molecule has 1 aromatic rings. The zero-order valence-electron chi connectivity index (χ0n) is 14.7. The van der Waals surface area contributed by atoms with E-state index in [4.69, 9.17) is 0 Å². The fourth-order valence-corrected chi connectivity index (χ4v) is 2.90. The Morgan fingerprint density at radius 2 is 2.12 bits per heavy atom. The van der Waals surface area contributed by atoms with E-state index in [1.54, 1.807) is 12.1 Å². The van der Waals surface area contributed by atoms with Crippen molar-refractivity contribution >= 4 is 11.5 Å². The molecule has 1 aliphatic rings. The van der Waals surface area contributed by atoms with Crippen molar-refractivity contribution in [3.8, 4) is 0 Å². The molecule has 4 nitrogen and oxygen atoms in total. The average Bonchev–Trinajstić information content (AvgIpc) is 2.76. The number of hydrogen-bond donors (Lipinski definition) is 1. The summed E-state index contributed by atoms with van der Waals surface area (Å²) < 4.78 is 13.2. The normalized spacial score (nSPS) is 17.5. The highest BCUT2D eigenvalue weighted by molar-refractivity contribution is 5.94. The Hall–Kier alpha value is -1.72. The molecule has 132 valence electrons. The second kappa shape index (κ2) is 9.55. The van der Waals surface area contributed by atoms with E-state index in [1.807, 2.05) is 6.92 Å². The summed E-state index contributed by atoms with van der Waals surface area (Å²) in [6, 6.07) is 6.30. The number of carbonyl (C=O) groups is 1. The van der Waals surface area contributed by atoms with E-state index in [1.165, 1.54) is 24.6 Å². The van der Waals surface area contributed by atoms with Crippen molar-refractivity contribution in [3.05, 3.63) is 41.7 Å². The summed E-state index contributed by atoms with van der Waals surface area (Å²) in [7, 11) is 2.16. The van der Waals surface area contributed by atoms with Gasteiger partial charge in [-0.05, 0) is 69.7 Å². The molecule has 1 fully saturated rings. The first-order valence-electron chi connectivity index (χ1n) is 8.67. The summed E-state index contributed by atoms with van der Waals surface area (Å²) in [4.78, 5) is 16.8. The number of benzene rings is 1. The van der Waals surface area contributed by atoms with Crippen LogP contribution in [0, 0.1) is 5.82 Å². The van der Waals surface area contributed by atoms with Crippen LogP contribution in [0.3, 0.4) is 0 Å². The van der Waals surface area contributed by atoms with E-state index in [2.05, 4.69) is 22.2 Å². The lowest BCUT2D eigenvalue weighted by molar-refractivity contribution is -0.116. The number of nitrogens with zero attached hydrogens (tertiary/aromatic N) is 2. The van der Waals surface area contributed by atoms with E-state index < -0.39 is 0 Å². The maximum atomic E-state index is 13.2. The van der Waals surface area contributed by atoms with Gasteiger partial charge in [-0.15, -0.1) is 0 Å². The second-order valence-corrected chi connectivity index (χ2v) is 6.48. The largest absolute Gasteiger partial charge is 0.352 e. The molecule has 1 N–H and O–H groups in total. The lowest BCUT2D eigenvalue weighted by Gasteiger charge is -2.19. The van der Waals surface area contributed by atoms with Crippen LogP contribution in [0.2, 0.25) is 0 Å². The molecule has 24 heavy (non-hydrogen) atoms. The van der Waals surface area contributed by atoms with Gasteiger partial charge in [-0.1, -0.05) is 12.1 Å². The molecule has 0 radical (unpaired) electrons. The van der Waals surface area contributed by atoms with Gasteiger partial charge in [-0.2, -0.15) is 0 Å². The molecule has 0 aromatic heterocycles. The van der Waals surface area contributed by atoms with Crippen LogP contribution in [0.1, 0.15) is 25.3 Å². The highest BCUT2D eigenvalue weighted by Crippen LogP contribution is 2.14. The average molecular weight is 333 g/mol. The Morgan fingerprint density at radius 1 is 1.29 bits per heavy atom. The van der Waals surface area contributed by atoms with Crippen LogP contribution < -0.4 is 5.32 Å². The van der Waals surface area contributed by atoms with Crippen molar-refractivity contribution in [1.82, 2.24) is 15.1 Å². The van der Waals surface area contributed by atoms with E-state index in [0.717, 1.165) is 50.3 Å². The van der Waals surface area contributed by atoms with Crippen LogP contribution >= 0.6 is 0 Å². The summed E-state index contributed by atoms with van der Waals surface area (Å²) >= 11 is 0. The van der Waals surface area contributed by atoms with Crippen LogP contribution in [0.4, 0.5) is 4.39 Å². The van der Waals surface area contributed by atoms with Gasteiger partial charge in [-0.3, -0.25) is 4.79 Å². The molecule has 0 aliphatic carbocycles. The summed E-state index contributed by atoms with van der Waals surface area (Å²) in [6.07, 6.45) is 3.69. The molecule has 0 atom stereocenters. The minimum Gasteiger partial charge on any atom is -0.352 e. The minimum absolute atomic E-state index is 0.118. The highest BCUT2D eigenvalue weighted by Gasteiger charge is 2.11. The van der Waals surface area contributed by atoms with Crippen molar-refractivity contribution in [2.75, 3.05) is 46.3 Å². The Kier molecular flexibility index (Phi) is 7.40. The molecule has 0 unspecified atom stereocenters. The molecule has 1 amide bonds. The Morgan fingerprint density at radius 3 is 2.92 bits per heavy atom. The molecule has 1 aromatic carbocycles. The monoisotopic (exact) mass is 333 g/mol. The first kappa shape index (κ1) is 18.6. The summed E-state index contributed by atoms with van der Waals surface area (Å²) in [6.45, 7) is 8.01. The SMILES string of the molecule is C/C(=C/C(=O)NCCCN1CCCN(C)CC1)c1cccc(F)c1. The summed E-state index contributed by atoms with van der Waals surface area (Å²) in [5.41, 5.74) is 1.50. The third-order valence-corrected chi connectivity index (χ3v) is 4.39. The number of amides is 1. The van der Waals surface area contributed by atoms with Crippen molar-refractivity contribution in [3.63, 3.8) is 0 Å². The standard InChI is InChI=1S/C19H28FN3O/c1-16(17-6-3-7-18(20)15-17)14-19(24)21-8-4-10-23-11-5-9-22(2)12-13-23/h3,6-7,14-15H,4-5,8-13H2,1-2H3,(H,21,24)/b16-14-. The van der Waals surface area contributed by atoms with E-state index in [0.29, 0.717) is 6.54 Å². The lowest BCUT2D eigenvalue weighted by Crippen LogP contribution is -2.32. The van der Waals surface area contributed by atoms with Gasteiger partial charge in [-0.25, -0.2) is 4.39 Å². The van der Waals surface area contributed by atoms with E-state index >= 15 is 0 Å². The fourth-order valence-electron chi connectivity index (χ4n) is 2.90. The first-order chi connectivity index (χ1) is 11.5. The molecule has 0 saturated carbocycles. The predicted molar refractivity (Wildman–Crippen MR) is 96.2 cm³/mol. The van der Waals surface area contributed by atoms with Gasteiger partial charge in [0.05, 0.1) is 0 Å². The number of carbonyl (C=O) groups excluding carboxylic acids is 1. The van der Waals surface area contributed by atoms with Crippen molar-refractivity contribution in [1.29, 1.82) is 0 Å². The van der Waals surface area contributed by atoms with Crippen LogP contribution in [0.15, 0.2) is 30.3 Å². The molecule has 1 aliphatic heterocycles. The van der Waals surface area contributed by atoms with Crippen molar-refractivity contribution in [2.24, 2.45) is 0 Å². The predicted octanol–water partition coefficient (Wildman–Crippen LogP) is 2.37. The molecule has 5 heteroatoms. The van der Waals surface area contributed by atoms with E-state index in [9.17, 15) is 9.18 Å². The second-order valence-electron chi connectivity index (χ2n) is 6.48. The summed E-state index contributed by atoms with van der Waals surface area (Å²) in [5.74, 6) is -0.406. The molecule has 0 bridgehead atoms. The van der Waals surface area contributed by atoms with Gasteiger partial charge in [0.2, 0.25) is 5.91 Å². The van der Waals surface area contributed by atoms with Gasteiger partial charge in [0.1, 0.15) is 5.82 Å². The van der Waals surface area contributed by atoms with Crippen LogP contribution in [0.25, 0.3) is 5.57 Å². The Labute approximate surface area is 144 Å². The van der Waals surface area contributed by atoms with Crippen LogP contribution in [-0.4, -0.2) is 62.0 Å². The van der Waals surface area contributed by atoms with Crippen LogP contribution in [-0.2, 0) is 4.79 Å². The van der Waals surface area contributed by atoms with Crippen molar-refractivity contribution < 1.29 is 9.18 Å². The Balaban J connectivity index is 1.70. The first-order valence-corrected chi connectivity index (χ1v) is 8.67. The number of allylic oxidation sites excluding steroid dienone is 1. The maximum Gasteiger partial charge on any atom is 0.244 e. The molecule has 1 saturated heterocycles. The zero-order chi connectivity index (χ0) is 17.4. The lowest BCUT2D eigenvalue weighted by atomic mass is 10.1. The zero-order valence-corrected chi connectivity index (χ0v) is 14.7. The fraction of sp³-hybridized carbons (Fsp3) is 0.526. The maximum absolute atomic E-state index is 13.2. The molecule has 1 heterocycles. The van der Waals surface area contributed by atoms with Gasteiger partial charge in [0.15, 0.2) is 0 Å². The third kappa shape index (κ3) is 6.42. The van der Waals surface area contributed by atoms with Gasteiger partial charge in [0.25, 0.3) is 0 Å². The number of likely N-dealkylation sites (N-methyl/N-ethyl adjacent to an activating group) is 1. The number of halogens is 1. The quantitative estimate of drug-likeness (QED) is 0.641. The molecule has 0 spiro atoms. The van der Waals surface area contributed by atoms with Gasteiger partial charge >= 0.3 is 0 Å². The van der Waals surface area contributed by atoms with Gasteiger partial charge in [0, 0.05) is 25.7 Å². The minimum atomic E-state index is -0.288. The number of rotatable bonds is 6. The van der Waals surface area contributed by atoms with Crippen molar-refractivity contribution in [2.45, 2.75) is 19.8 Å². The number of nitrogens with one attached hydrogen (secondary N) is 1. The molecular formula is C19H28FN3O. The Bertz CT molecular complexity index is 573. The summed E-state index contributed by atoms with van der Waals surface area (Å²) in [5, 5.41) is 2.92. The number of hydrogen-bond acceptors (Lipinski definition) is 3. The van der Waals surface area contributed by atoms with E-state index in [-0.39, 0.29) is 11.7 Å². The topological polar surface area (TPSA) is 35.6 Å². The highest BCUT2D eigenvalue weighted by atomic mass is 19.1. The third-order valence-electron chi connectivity index (χ3n) is 4.39. The molecule has 2 rings (SSSR count). The molecular weight excluding hydrogens is 305 g/mol.